The Hall–Kier alpha value is -2.48. The zero-order valence-corrected chi connectivity index (χ0v) is 11.5. The van der Waals surface area contributed by atoms with Crippen LogP contribution in [0.1, 0.15) is 16.1 Å². The smallest absolute Gasteiger partial charge is 0.307 e. The Bertz CT molecular complexity index is 681. The van der Waals surface area contributed by atoms with Gasteiger partial charge in [-0.05, 0) is 28.1 Å². The van der Waals surface area contributed by atoms with Crippen LogP contribution >= 0.6 is 15.9 Å². The molecular formula is C12H8BrN3O4. The van der Waals surface area contributed by atoms with Gasteiger partial charge in [0.05, 0.1) is 11.1 Å². The summed E-state index contributed by atoms with van der Waals surface area (Å²) >= 11 is 3.08. The molecule has 2 aromatic rings. The third kappa shape index (κ3) is 3.51. The minimum absolute atomic E-state index is 0.0461. The van der Waals surface area contributed by atoms with E-state index in [0.29, 0.717) is 10.2 Å². The number of nitro groups is 1. The van der Waals surface area contributed by atoms with Crippen molar-refractivity contribution in [3.8, 4) is 0 Å². The Morgan fingerprint density at radius 1 is 1.40 bits per heavy atom. The van der Waals surface area contributed by atoms with Gasteiger partial charge < -0.3 is 4.42 Å². The Labute approximate surface area is 121 Å². The Balaban J connectivity index is 2.01. The predicted octanol–water partition coefficient (Wildman–Crippen LogP) is 2.71. The van der Waals surface area contributed by atoms with Crippen molar-refractivity contribution in [1.29, 1.82) is 0 Å². The lowest BCUT2D eigenvalue weighted by Gasteiger charge is -1.96. The molecule has 20 heavy (non-hydrogen) atoms. The number of rotatable bonds is 4. The van der Waals surface area contributed by atoms with E-state index in [9.17, 15) is 14.9 Å². The average molecular weight is 338 g/mol. The molecule has 1 N–H and O–H groups in total. The first kappa shape index (κ1) is 13.9. The van der Waals surface area contributed by atoms with Gasteiger partial charge in [0.25, 0.3) is 5.69 Å². The number of nitro benzene ring substituents is 1. The topological polar surface area (TPSA) is 97.7 Å². The van der Waals surface area contributed by atoms with E-state index in [1.807, 2.05) is 0 Å². The first-order valence-electron chi connectivity index (χ1n) is 5.39. The number of nitrogens with zero attached hydrogens (tertiary/aromatic N) is 2. The van der Waals surface area contributed by atoms with Crippen LogP contribution in [0.3, 0.4) is 0 Å². The molecule has 1 aromatic carbocycles. The number of carbonyl (C=O) groups is 1. The second-order valence-corrected chi connectivity index (χ2v) is 4.44. The summed E-state index contributed by atoms with van der Waals surface area (Å²) in [5.74, 6) is -0.412. The highest BCUT2D eigenvalue weighted by atomic mass is 79.9. The number of hydrogen-bond donors (Lipinski definition) is 1. The summed E-state index contributed by atoms with van der Waals surface area (Å²) in [7, 11) is 0. The number of nitrogens with one attached hydrogen (secondary N) is 1. The van der Waals surface area contributed by atoms with E-state index in [1.54, 1.807) is 12.1 Å². The highest BCUT2D eigenvalue weighted by Crippen LogP contribution is 2.14. The average Bonchev–Trinajstić information content (AvgIpc) is 2.86. The van der Waals surface area contributed by atoms with E-state index in [1.165, 1.54) is 30.5 Å². The van der Waals surface area contributed by atoms with Crippen molar-refractivity contribution >= 4 is 33.7 Å². The minimum Gasteiger partial charge on any atom is -0.444 e. The van der Waals surface area contributed by atoms with Gasteiger partial charge in [0, 0.05) is 17.7 Å². The second kappa shape index (κ2) is 6.11. The number of hydrazone groups is 1. The molecule has 1 aromatic heterocycles. The van der Waals surface area contributed by atoms with E-state index in [2.05, 4.69) is 26.5 Å². The van der Waals surface area contributed by atoms with Gasteiger partial charge >= 0.3 is 5.91 Å². The maximum atomic E-state index is 11.6. The van der Waals surface area contributed by atoms with Gasteiger partial charge in [0.15, 0.2) is 10.4 Å². The molecule has 0 atom stereocenters. The standard InChI is InChI=1S/C12H8BrN3O4/c13-11-5-4-10(20-11)12(17)15-14-7-8-2-1-3-9(6-8)16(18)19/h1-7H,(H,15,17)/b14-7+. The first-order valence-corrected chi connectivity index (χ1v) is 6.19. The molecular weight excluding hydrogens is 330 g/mol. The minimum atomic E-state index is -0.516. The van der Waals surface area contributed by atoms with Crippen molar-refractivity contribution in [3.05, 3.63) is 62.5 Å². The number of carbonyl (C=O) groups excluding carboxylic acids is 1. The van der Waals surface area contributed by atoms with Crippen LogP contribution in [0.25, 0.3) is 0 Å². The van der Waals surface area contributed by atoms with Gasteiger partial charge in [-0.25, -0.2) is 5.43 Å². The SMILES string of the molecule is O=C(N/N=C/c1cccc([N+](=O)[O-])c1)c1ccc(Br)o1. The summed E-state index contributed by atoms with van der Waals surface area (Å²) in [6.07, 6.45) is 1.31. The highest BCUT2D eigenvalue weighted by molar-refractivity contribution is 9.10. The lowest BCUT2D eigenvalue weighted by molar-refractivity contribution is -0.384. The van der Waals surface area contributed by atoms with Crippen LogP contribution in [0.4, 0.5) is 5.69 Å². The third-order valence-electron chi connectivity index (χ3n) is 2.26. The molecule has 0 saturated heterocycles. The lowest BCUT2D eigenvalue weighted by Crippen LogP contribution is -2.16. The molecule has 0 spiro atoms. The zero-order chi connectivity index (χ0) is 14.5. The van der Waals surface area contributed by atoms with E-state index in [0.717, 1.165) is 0 Å². The van der Waals surface area contributed by atoms with Crippen LogP contribution in [0, 0.1) is 10.1 Å². The fourth-order valence-corrected chi connectivity index (χ4v) is 1.68. The molecule has 2 rings (SSSR count). The number of halogens is 1. The normalized spacial score (nSPS) is 10.7. The quantitative estimate of drug-likeness (QED) is 0.526. The number of amides is 1. The fourth-order valence-electron chi connectivity index (χ4n) is 1.38. The fraction of sp³-hybridized carbons (Fsp3) is 0. The third-order valence-corrected chi connectivity index (χ3v) is 2.68. The van der Waals surface area contributed by atoms with Crippen molar-refractivity contribution < 1.29 is 14.1 Å². The number of hydrogen-bond acceptors (Lipinski definition) is 5. The number of furan rings is 1. The zero-order valence-electron chi connectivity index (χ0n) is 9.95. The Morgan fingerprint density at radius 3 is 2.85 bits per heavy atom. The summed E-state index contributed by atoms with van der Waals surface area (Å²) in [4.78, 5) is 21.7. The molecule has 0 unspecified atom stereocenters. The van der Waals surface area contributed by atoms with Gasteiger partial charge in [-0.2, -0.15) is 5.10 Å². The summed E-state index contributed by atoms with van der Waals surface area (Å²) < 4.78 is 5.48. The molecule has 0 bridgehead atoms. The van der Waals surface area contributed by atoms with Crippen LogP contribution in [0.2, 0.25) is 0 Å². The van der Waals surface area contributed by atoms with Crippen LogP contribution in [-0.4, -0.2) is 17.0 Å². The molecule has 0 saturated carbocycles. The summed E-state index contributed by atoms with van der Waals surface area (Å²) in [5.41, 5.74) is 2.71. The molecule has 0 aliphatic carbocycles. The molecule has 1 heterocycles. The van der Waals surface area contributed by atoms with Crippen molar-refractivity contribution in [1.82, 2.24) is 5.43 Å². The molecule has 0 radical (unpaired) electrons. The van der Waals surface area contributed by atoms with Crippen LogP contribution in [0.15, 0.2) is 50.6 Å². The molecule has 1 amide bonds. The van der Waals surface area contributed by atoms with Crippen LogP contribution < -0.4 is 5.43 Å². The maximum Gasteiger partial charge on any atom is 0.307 e. The van der Waals surface area contributed by atoms with Crippen molar-refractivity contribution in [3.63, 3.8) is 0 Å². The van der Waals surface area contributed by atoms with E-state index >= 15 is 0 Å². The van der Waals surface area contributed by atoms with Crippen molar-refractivity contribution in [2.24, 2.45) is 5.10 Å². The monoisotopic (exact) mass is 337 g/mol. The predicted molar refractivity (Wildman–Crippen MR) is 74.6 cm³/mol. The molecule has 8 heteroatoms. The molecule has 7 nitrogen and oxygen atoms in total. The molecule has 0 aliphatic rings. The maximum absolute atomic E-state index is 11.6. The Kier molecular flexibility index (Phi) is 4.26. The highest BCUT2D eigenvalue weighted by Gasteiger charge is 2.09. The second-order valence-electron chi connectivity index (χ2n) is 3.65. The van der Waals surface area contributed by atoms with Gasteiger partial charge in [-0.15, -0.1) is 0 Å². The first-order chi connectivity index (χ1) is 9.56. The summed E-state index contributed by atoms with van der Waals surface area (Å²) in [6.45, 7) is 0. The molecule has 0 fully saturated rings. The number of benzene rings is 1. The number of non-ortho nitro benzene ring substituents is 1. The van der Waals surface area contributed by atoms with E-state index in [-0.39, 0.29) is 11.4 Å². The van der Waals surface area contributed by atoms with Gasteiger partial charge in [0.1, 0.15) is 0 Å². The van der Waals surface area contributed by atoms with E-state index in [4.69, 9.17) is 4.42 Å². The summed E-state index contributed by atoms with van der Waals surface area (Å²) in [5, 5.41) is 14.3. The van der Waals surface area contributed by atoms with Gasteiger partial charge in [0.2, 0.25) is 0 Å². The van der Waals surface area contributed by atoms with Crippen molar-refractivity contribution in [2.75, 3.05) is 0 Å². The largest absolute Gasteiger partial charge is 0.444 e. The molecule has 0 aliphatic heterocycles. The van der Waals surface area contributed by atoms with E-state index < -0.39 is 10.8 Å². The Morgan fingerprint density at radius 2 is 2.20 bits per heavy atom. The lowest BCUT2D eigenvalue weighted by atomic mass is 10.2. The van der Waals surface area contributed by atoms with Crippen LogP contribution in [0.5, 0.6) is 0 Å². The summed E-state index contributed by atoms with van der Waals surface area (Å²) in [6, 6.07) is 8.95. The molecule has 102 valence electrons. The van der Waals surface area contributed by atoms with Gasteiger partial charge in [-0.3, -0.25) is 14.9 Å². The van der Waals surface area contributed by atoms with Crippen molar-refractivity contribution in [2.45, 2.75) is 0 Å². The van der Waals surface area contributed by atoms with Crippen LogP contribution in [-0.2, 0) is 0 Å². The van der Waals surface area contributed by atoms with Gasteiger partial charge in [-0.1, -0.05) is 12.1 Å².